The first-order chi connectivity index (χ1) is 11.5. The monoisotopic (exact) mass is 325 g/mol. The van der Waals surface area contributed by atoms with Gasteiger partial charge in [0.15, 0.2) is 0 Å². The van der Waals surface area contributed by atoms with Crippen LogP contribution in [-0.4, -0.2) is 16.8 Å². The third-order valence-corrected chi connectivity index (χ3v) is 3.41. The number of nitrogens with zero attached hydrogens (tertiary/aromatic N) is 1. The minimum atomic E-state index is -0.0459. The van der Waals surface area contributed by atoms with Crippen molar-refractivity contribution in [2.75, 3.05) is 10.6 Å². The van der Waals surface area contributed by atoms with Gasteiger partial charge in [-0.05, 0) is 48.2 Å². The van der Waals surface area contributed by atoms with Gasteiger partial charge in [0, 0.05) is 36.6 Å². The molecule has 5 heteroatoms. The van der Waals surface area contributed by atoms with Gasteiger partial charge in [-0.15, -0.1) is 0 Å². The zero-order valence-corrected chi connectivity index (χ0v) is 14.1. The predicted molar refractivity (Wildman–Crippen MR) is 95.7 cm³/mol. The molecule has 2 aromatic rings. The van der Waals surface area contributed by atoms with E-state index in [2.05, 4.69) is 15.6 Å². The van der Waals surface area contributed by atoms with E-state index < -0.39 is 0 Å². The average Bonchev–Trinajstić information content (AvgIpc) is 2.55. The average molecular weight is 325 g/mol. The molecule has 0 aliphatic rings. The molecule has 2 N–H and O–H groups in total. The van der Waals surface area contributed by atoms with Gasteiger partial charge >= 0.3 is 0 Å². The highest BCUT2D eigenvalue weighted by atomic mass is 16.2. The summed E-state index contributed by atoms with van der Waals surface area (Å²) in [6.07, 6.45) is 5.03. The van der Waals surface area contributed by atoms with E-state index >= 15 is 0 Å². The van der Waals surface area contributed by atoms with Crippen LogP contribution >= 0.6 is 0 Å². The minimum Gasteiger partial charge on any atom is -0.326 e. The Morgan fingerprint density at radius 2 is 1.62 bits per heavy atom. The Bertz CT molecular complexity index is 667. The molecule has 0 fully saturated rings. The highest BCUT2D eigenvalue weighted by molar-refractivity contribution is 5.93. The van der Waals surface area contributed by atoms with Crippen molar-refractivity contribution in [2.45, 2.75) is 33.1 Å². The second-order valence-electron chi connectivity index (χ2n) is 6.13. The number of nitrogens with one attached hydrogen (secondary N) is 2. The molecular weight excluding hydrogens is 302 g/mol. The first-order valence-electron chi connectivity index (χ1n) is 8.11. The van der Waals surface area contributed by atoms with E-state index in [-0.39, 0.29) is 11.8 Å². The summed E-state index contributed by atoms with van der Waals surface area (Å²) in [5.41, 5.74) is 2.48. The maximum atomic E-state index is 12.0. The Balaban J connectivity index is 1.80. The van der Waals surface area contributed by atoms with Crippen molar-refractivity contribution < 1.29 is 9.59 Å². The smallest absolute Gasteiger partial charge is 0.224 e. The fourth-order valence-corrected chi connectivity index (χ4v) is 2.25. The van der Waals surface area contributed by atoms with Crippen LogP contribution < -0.4 is 10.6 Å². The SMILES string of the molecule is CC(C)CC(=O)Nc1ccc(NC(=O)CCc2cccnc2)cc1. The van der Waals surface area contributed by atoms with Crippen LogP contribution in [-0.2, 0) is 16.0 Å². The summed E-state index contributed by atoms with van der Waals surface area (Å²) in [5, 5.41) is 5.69. The molecule has 1 aromatic carbocycles. The maximum Gasteiger partial charge on any atom is 0.224 e. The number of aryl methyl sites for hydroxylation is 1. The molecule has 0 bridgehead atoms. The van der Waals surface area contributed by atoms with Gasteiger partial charge in [-0.1, -0.05) is 19.9 Å². The second-order valence-corrected chi connectivity index (χ2v) is 6.13. The number of aromatic nitrogens is 1. The molecule has 126 valence electrons. The largest absolute Gasteiger partial charge is 0.326 e. The molecule has 1 aromatic heterocycles. The maximum absolute atomic E-state index is 12.0. The van der Waals surface area contributed by atoms with Gasteiger partial charge < -0.3 is 10.6 Å². The van der Waals surface area contributed by atoms with Crippen LogP contribution in [0.2, 0.25) is 0 Å². The molecule has 0 saturated carbocycles. The number of pyridine rings is 1. The van der Waals surface area contributed by atoms with Crippen LogP contribution in [0.4, 0.5) is 11.4 Å². The lowest BCUT2D eigenvalue weighted by atomic mass is 10.1. The number of hydrogen-bond acceptors (Lipinski definition) is 3. The second kappa shape index (κ2) is 8.82. The first-order valence-corrected chi connectivity index (χ1v) is 8.11. The third kappa shape index (κ3) is 6.20. The number of carbonyl (C=O) groups excluding carboxylic acids is 2. The van der Waals surface area contributed by atoms with Crippen LogP contribution in [0.1, 0.15) is 32.3 Å². The lowest BCUT2D eigenvalue weighted by molar-refractivity contribution is -0.117. The molecule has 5 nitrogen and oxygen atoms in total. The highest BCUT2D eigenvalue weighted by Crippen LogP contribution is 2.15. The van der Waals surface area contributed by atoms with E-state index in [0.29, 0.717) is 30.9 Å². The number of benzene rings is 1. The van der Waals surface area contributed by atoms with Crippen LogP contribution in [0, 0.1) is 5.92 Å². The van der Waals surface area contributed by atoms with Crippen LogP contribution in [0.5, 0.6) is 0 Å². The summed E-state index contributed by atoms with van der Waals surface area (Å²) in [6, 6.07) is 11.0. The molecule has 2 amide bonds. The Morgan fingerprint density at radius 3 is 2.17 bits per heavy atom. The van der Waals surface area contributed by atoms with E-state index in [1.54, 1.807) is 36.7 Å². The number of anilines is 2. The molecule has 0 saturated heterocycles. The molecule has 0 aliphatic carbocycles. The van der Waals surface area contributed by atoms with Gasteiger partial charge in [-0.2, -0.15) is 0 Å². The van der Waals surface area contributed by atoms with E-state index in [9.17, 15) is 9.59 Å². The lowest BCUT2D eigenvalue weighted by Gasteiger charge is -2.09. The zero-order chi connectivity index (χ0) is 17.4. The van der Waals surface area contributed by atoms with E-state index in [1.165, 1.54) is 0 Å². The summed E-state index contributed by atoms with van der Waals surface area (Å²) >= 11 is 0. The quantitative estimate of drug-likeness (QED) is 0.816. The van der Waals surface area contributed by atoms with Gasteiger partial charge in [0.2, 0.25) is 11.8 Å². The number of carbonyl (C=O) groups is 2. The molecule has 0 radical (unpaired) electrons. The molecule has 0 atom stereocenters. The van der Waals surface area contributed by atoms with Crippen LogP contribution in [0.3, 0.4) is 0 Å². The number of hydrogen-bond donors (Lipinski definition) is 2. The lowest BCUT2D eigenvalue weighted by Crippen LogP contribution is -2.14. The fraction of sp³-hybridized carbons (Fsp3) is 0.316. The van der Waals surface area contributed by atoms with E-state index in [0.717, 1.165) is 11.3 Å². The van der Waals surface area contributed by atoms with Crippen molar-refractivity contribution in [1.82, 2.24) is 4.98 Å². The molecule has 2 rings (SSSR count). The third-order valence-electron chi connectivity index (χ3n) is 3.41. The number of rotatable bonds is 7. The molecule has 1 heterocycles. The minimum absolute atomic E-state index is 0.00161. The van der Waals surface area contributed by atoms with Gasteiger partial charge in [-0.25, -0.2) is 0 Å². The first kappa shape index (κ1) is 17.7. The van der Waals surface area contributed by atoms with Crippen LogP contribution in [0.25, 0.3) is 0 Å². The zero-order valence-electron chi connectivity index (χ0n) is 14.1. The van der Waals surface area contributed by atoms with Crippen molar-refractivity contribution >= 4 is 23.2 Å². The Morgan fingerprint density at radius 1 is 1.00 bits per heavy atom. The molecule has 0 spiro atoms. The molecule has 0 aliphatic heterocycles. The standard InChI is InChI=1S/C19H23N3O2/c1-14(2)12-19(24)22-17-8-6-16(7-9-17)21-18(23)10-5-15-4-3-11-20-13-15/h3-4,6-9,11,13-14H,5,10,12H2,1-2H3,(H,21,23)(H,22,24). The molecule has 0 unspecified atom stereocenters. The van der Waals surface area contributed by atoms with Crippen molar-refractivity contribution in [3.05, 3.63) is 54.4 Å². The summed E-state index contributed by atoms with van der Waals surface area (Å²) in [7, 11) is 0. The summed E-state index contributed by atoms with van der Waals surface area (Å²) in [5.74, 6) is 0.275. The predicted octanol–water partition coefficient (Wildman–Crippen LogP) is 3.64. The van der Waals surface area contributed by atoms with Crippen molar-refractivity contribution in [3.63, 3.8) is 0 Å². The summed E-state index contributed by atoms with van der Waals surface area (Å²) < 4.78 is 0. The normalized spacial score (nSPS) is 10.5. The Labute approximate surface area is 142 Å². The number of amides is 2. The van der Waals surface area contributed by atoms with Gasteiger partial charge in [-0.3, -0.25) is 14.6 Å². The molecular formula is C19H23N3O2. The van der Waals surface area contributed by atoms with Crippen molar-refractivity contribution in [3.8, 4) is 0 Å². The summed E-state index contributed by atoms with van der Waals surface area (Å²) in [4.78, 5) is 27.7. The van der Waals surface area contributed by atoms with E-state index in [4.69, 9.17) is 0 Å². The van der Waals surface area contributed by atoms with Gasteiger partial charge in [0.1, 0.15) is 0 Å². The van der Waals surface area contributed by atoms with Gasteiger partial charge in [0.05, 0.1) is 0 Å². The topological polar surface area (TPSA) is 71.1 Å². The molecule has 24 heavy (non-hydrogen) atoms. The Kier molecular flexibility index (Phi) is 6.49. The van der Waals surface area contributed by atoms with E-state index in [1.807, 2.05) is 26.0 Å². The van der Waals surface area contributed by atoms with Crippen molar-refractivity contribution in [2.24, 2.45) is 5.92 Å². The van der Waals surface area contributed by atoms with Crippen LogP contribution in [0.15, 0.2) is 48.8 Å². The fourth-order valence-electron chi connectivity index (χ4n) is 2.25. The Hall–Kier alpha value is -2.69. The van der Waals surface area contributed by atoms with Crippen molar-refractivity contribution in [1.29, 1.82) is 0 Å². The van der Waals surface area contributed by atoms with Gasteiger partial charge in [0.25, 0.3) is 0 Å². The summed E-state index contributed by atoms with van der Waals surface area (Å²) in [6.45, 7) is 4.01. The highest BCUT2D eigenvalue weighted by Gasteiger charge is 2.06.